The third-order valence-electron chi connectivity index (χ3n) is 3.30. The second kappa shape index (κ2) is 10.2. The van der Waals surface area contributed by atoms with Gasteiger partial charge in [0.25, 0.3) is 0 Å². The molecule has 0 aliphatic carbocycles. The van der Waals surface area contributed by atoms with Gasteiger partial charge in [-0.1, -0.05) is 66.2 Å². The fourth-order valence-corrected chi connectivity index (χ4v) is 4.89. The first-order chi connectivity index (χ1) is 11.4. The zero-order chi connectivity index (χ0) is 16.3. The van der Waals surface area contributed by atoms with Gasteiger partial charge in [0.15, 0.2) is 0 Å². The van der Waals surface area contributed by atoms with E-state index in [4.69, 9.17) is 11.6 Å². The van der Waals surface area contributed by atoms with Gasteiger partial charge in [-0.15, -0.1) is 0 Å². The number of hydrogen-bond acceptors (Lipinski definition) is 1. The van der Waals surface area contributed by atoms with Crippen molar-refractivity contribution in [3.05, 3.63) is 91.0 Å². The van der Waals surface area contributed by atoms with Gasteiger partial charge >= 0.3 is 0 Å². The van der Waals surface area contributed by atoms with E-state index in [1.165, 1.54) is 15.9 Å². The van der Waals surface area contributed by atoms with E-state index < -0.39 is 7.92 Å². The van der Waals surface area contributed by atoms with E-state index in [-0.39, 0.29) is 0 Å². The average Bonchev–Trinajstić information content (AvgIpc) is 2.65. The Hall–Kier alpha value is -1.66. The Bertz CT molecular complexity index is 563. The van der Waals surface area contributed by atoms with Crippen molar-refractivity contribution in [3.63, 3.8) is 0 Å². The van der Waals surface area contributed by atoms with E-state index in [1.54, 1.807) is 7.11 Å². The molecule has 0 radical (unpaired) electrons. The van der Waals surface area contributed by atoms with Crippen LogP contribution in [0.15, 0.2) is 91.0 Å². The molecule has 3 heteroatoms. The molecule has 0 unspecified atom stereocenters. The van der Waals surface area contributed by atoms with E-state index in [9.17, 15) is 0 Å². The van der Waals surface area contributed by atoms with E-state index >= 15 is 0 Å². The monoisotopic (exact) mass is 343 g/mol. The molecule has 23 heavy (non-hydrogen) atoms. The zero-order valence-corrected chi connectivity index (χ0v) is 14.9. The molecule has 118 valence electrons. The number of rotatable bonds is 4. The molecule has 1 nitrogen and oxygen atoms in total. The standard InChI is InChI=1S/C18H15P.C2H5ClO/c1-4-10-16(11-5-1)19(17-12-6-2-7-13-17)18-14-8-3-9-15-18;1-4-2-3/h1-15H;2H2,1H3/p+1. The van der Waals surface area contributed by atoms with Crippen LogP contribution in [-0.4, -0.2) is 13.2 Å². The maximum atomic E-state index is 4.96. The van der Waals surface area contributed by atoms with Crippen molar-refractivity contribution < 1.29 is 4.74 Å². The lowest BCUT2D eigenvalue weighted by Crippen LogP contribution is -2.20. The molecule has 0 bridgehead atoms. The van der Waals surface area contributed by atoms with E-state index in [0.717, 1.165) is 0 Å². The van der Waals surface area contributed by atoms with Gasteiger partial charge in [0.1, 0.15) is 22.0 Å². The summed E-state index contributed by atoms with van der Waals surface area (Å²) in [7, 11) is 0.671. The molecule has 0 fully saturated rings. The summed E-state index contributed by atoms with van der Waals surface area (Å²) >= 11 is 4.96. The topological polar surface area (TPSA) is 9.23 Å². The Morgan fingerprint density at radius 2 is 0.913 bits per heavy atom. The molecule has 3 rings (SSSR count). The van der Waals surface area contributed by atoms with Crippen LogP contribution in [0.5, 0.6) is 0 Å². The lowest BCUT2D eigenvalue weighted by Gasteiger charge is -2.10. The fourth-order valence-electron chi connectivity index (χ4n) is 2.31. The van der Waals surface area contributed by atoms with Gasteiger partial charge in [-0.05, 0) is 36.4 Å². The Morgan fingerprint density at radius 1 is 0.652 bits per heavy atom. The Labute approximate surface area is 144 Å². The highest BCUT2D eigenvalue weighted by atomic mass is 35.5. The lowest BCUT2D eigenvalue weighted by molar-refractivity contribution is 0.254. The summed E-state index contributed by atoms with van der Waals surface area (Å²) in [5.74, 6) is 0. The van der Waals surface area contributed by atoms with Crippen molar-refractivity contribution in [2.24, 2.45) is 0 Å². The van der Waals surface area contributed by atoms with Gasteiger partial charge in [-0.2, -0.15) is 0 Å². The first kappa shape index (κ1) is 17.7. The summed E-state index contributed by atoms with van der Waals surface area (Å²) in [6, 6.07) is 32.8. The molecule has 0 atom stereocenters. The summed E-state index contributed by atoms with van der Waals surface area (Å²) in [6.07, 6.45) is 0. The van der Waals surface area contributed by atoms with Crippen molar-refractivity contribution in [2.75, 3.05) is 13.2 Å². The van der Waals surface area contributed by atoms with Crippen molar-refractivity contribution in [1.82, 2.24) is 0 Å². The highest BCUT2D eigenvalue weighted by molar-refractivity contribution is 7.79. The minimum Gasteiger partial charge on any atom is -0.369 e. The molecular formula is C20H21ClOP+. The second-order valence-electron chi connectivity index (χ2n) is 4.87. The van der Waals surface area contributed by atoms with Crippen LogP contribution in [0, 0.1) is 0 Å². The van der Waals surface area contributed by atoms with Gasteiger partial charge in [0.05, 0.1) is 7.92 Å². The zero-order valence-electron chi connectivity index (χ0n) is 13.2. The summed E-state index contributed by atoms with van der Waals surface area (Å²) in [6.45, 7) is 0. The minimum absolute atomic E-state index is 0.292. The maximum absolute atomic E-state index is 4.96. The summed E-state index contributed by atoms with van der Waals surface area (Å²) in [4.78, 5) is 0. The number of methoxy groups -OCH3 is 1. The summed E-state index contributed by atoms with van der Waals surface area (Å²) in [5.41, 5.74) is 0. The first-order valence-corrected chi connectivity index (χ1v) is 9.48. The minimum atomic E-state index is -0.877. The molecule has 0 aromatic heterocycles. The van der Waals surface area contributed by atoms with Gasteiger partial charge in [0, 0.05) is 7.11 Å². The average molecular weight is 344 g/mol. The molecular weight excluding hydrogens is 323 g/mol. The van der Waals surface area contributed by atoms with Crippen LogP contribution in [0.1, 0.15) is 0 Å². The van der Waals surface area contributed by atoms with E-state index in [2.05, 4.69) is 95.7 Å². The number of benzene rings is 3. The van der Waals surface area contributed by atoms with Gasteiger partial charge in [0.2, 0.25) is 0 Å². The largest absolute Gasteiger partial charge is 0.369 e. The number of halogens is 1. The van der Waals surface area contributed by atoms with Crippen LogP contribution >= 0.6 is 19.5 Å². The third-order valence-corrected chi connectivity index (χ3v) is 6.25. The second-order valence-corrected chi connectivity index (χ2v) is 7.57. The summed E-state index contributed by atoms with van der Waals surface area (Å²) < 4.78 is 4.31. The molecule has 0 aliphatic heterocycles. The first-order valence-electron chi connectivity index (χ1n) is 7.45. The highest BCUT2D eigenvalue weighted by Gasteiger charge is 2.24. The third kappa shape index (κ3) is 5.48. The maximum Gasteiger partial charge on any atom is 0.120 e. The molecule has 0 amide bonds. The molecule has 0 N–H and O–H groups in total. The van der Waals surface area contributed by atoms with Crippen LogP contribution in [0.4, 0.5) is 0 Å². The molecule has 0 saturated carbocycles. The molecule has 0 saturated heterocycles. The molecule has 0 aliphatic rings. The predicted octanol–water partition coefficient (Wildman–Crippen LogP) is 4.01. The predicted molar refractivity (Wildman–Crippen MR) is 104 cm³/mol. The Morgan fingerprint density at radius 3 is 1.13 bits per heavy atom. The number of alkyl halides is 1. The van der Waals surface area contributed by atoms with E-state index in [0.29, 0.717) is 6.07 Å². The quantitative estimate of drug-likeness (QED) is 0.514. The molecule has 0 heterocycles. The van der Waals surface area contributed by atoms with Crippen molar-refractivity contribution in [2.45, 2.75) is 0 Å². The van der Waals surface area contributed by atoms with Crippen molar-refractivity contribution in [1.29, 1.82) is 0 Å². The van der Waals surface area contributed by atoms with E-state index in [1.807, 2.05) is 0 Å². The molecule has 3 aromatic carbocycles. The fraction of sp³-hybridized carbons (Fsp3) is 0.100. The van der Waals surface area contributed by atoms with Crippen molar-refractivity contribution in [3.8, 4) is 0 Å². The SMILES string of the molecule is COCCl.c1ccc([PH+](c2ccccc2)c2ccccc2)cc1. The lowest BCUT2D eigenvalue weighted by atomic mass is 10.4. The summed E-state index contributed by atoms with van der Waals surface area (Å²) in [5, 5.41) is 4.31. The molecule has 3 aromatic rings. The van der Waals surface area contributed by atoms with Crippen LogP contribution in [-0.2, 0) is 4.74 Å². The van der Waals surface area contributed by atoms with Gasteiger partial charge < -0.3 is 4.74 Å². The molecule has 0 spiro atoms. The number of ether oxygens (including phenoxy) is 1. The van der Waals surface area contributed by atoms with Gasteiger partial charge in [-0.25, -0.2) is 0 Å². The smallest absolute Gasteiger partial charge is 0.120 e. The number of hydrogen-bond donors (Lipinski definition) is 0. The van der Waals surface area contributed by atoms with Crippen LogP contribution < -0.4 is 15.9 Å². The van der Waals surface area contributed by atoms with Gasteiger partial charge in [-0.3, -0.25) is 0 Å². The Kier molecular flexibility index (Phi) is 7.83. The van der Waals surface area contributed by atoms with Crippen LogP contribution in [0.2, 0.25) is 0 Å². The van der Waals surface area contributed by atoms with Crippen LogP contribution in [0.25, 0.3) is 0 Å². The van der Waals surface area contributed by atoms with Crippen LogP contribution in [0.3, 0.4) is 0 Å². The van der Waals surface area contributed by atoms with Crippen molar-refractivity contribution >= 4 is 35.4 Å². The Balaban J connectivity index is 0.000000433. The highest BCUT2D eigenvalue weighted by Crippen LogP contribution is 2.32. The normalized spacial score (nSPS) is 10.0.